The SMILES string of the molecule is O=C(O)c1nnn(Cc2ccsc2)c1-c1ccncc1. The lowest BCUT2D eigenvalue weighted by Crippen LogP contribution is -2.05. The van der Waals surface area contributed by atoms with Crippen LogP contribution >= 0.6 is 11.3 Å². The average molecular weight is 286 g/mol. The van der Waals surface area contributed by atoms with E-state index in [9.17, 15) is 9.90 Å². The summed E-state index contributed by atoms with van der Waals surface area (Å²) in [5, 5.41) is 20.9. The number of aromatic carboxylic acids is 1. The molecule has 0 unspecified atom stereocenters. The fourth-order valence-electron chi connectivity index (χ4n) is 1.92. The van der Waals surface area contributed by atoms with Crippen molar-refractivity contribution in [2.45, 2.75) is 6.54 Å². The number of carboxylic acids is 1. The van der Waals surface area contributed by atoms with Gasteiger partial charge in [0.15, 0.2) is 5.69 Å². The molecule has 100 valence electrons. The zero-order chi connectivity index (χ0) is 13.9. The van der Waals surface area contributed by atoms with Crippen molar-refractivity contribution < 1.29 is 9.90 Å². The number of carboxylic acid groups (broad SMARTS) is 1. The van der Waals surface area contributed by atoms with Gasteiger partial charge >= 0.3 is 5.97 Å². The minimum atomic E-state index is -1.09. The summed E-state index contributed by atoms with van der Waals surface area (Å²) in [5.74, 6) is -1.09. The number of carbonyl (C=O) groups is 1. The van der Waals surface area contributed by atoms with Gasteiger partial charge in [0.1, 0.15) is 5.69 Å². The molecule has 0 aliphatic carbocycles. The van der Waals surface area contributed by atoms with Crippen LogP contribution in [0.5, 0.6) is 0 Å². The normalized spacial score (nSPS) is 10.6. The van der Waals surface area contributed by atoms with Crippen LogP contribution in [0.4, 0.5) is 0 Å². The fourth-order valence-corrected chi connectivity index (χ4v) is 2.58. The molecule has 0 spiro atoms. The lowest BCUT2D eigenvalue weighted by Gasteiger charge is -2.06. The van der Waals surface area contributed by atoms with Gasteiger partial charge in [0.05, 0.1) is 6.54 Å². The maximum Gasteiger partial charge on any atom is 0.358 e. The molecule has 0 saturated carbocycles. The predicted molar refractivity (Wildman–Crippen MR) is 73.6 cm³/mol. The first-order chi connectivity index (χ1) is 9.75. The van der Waals surface area contributed by atoms with E-state index in [2.05, 4.69) is 15.3 Å². The highest BCUT2D eigenvalue weighted by Gasteiger charge is 2.20. The lowest BCUT2D eigenvalue weighted by molar-refractivity contribution is 0.0691. The van der Waals surface area contributed by atoms with Crippen LogP contribution in [-0.4, -0.2) is 31.1 Å². The summed E-state index contributed by atoms with van der Waals surface area (Å²) in [6, 6.07) is 5.47. The van der Waals surface area contributed by atoms with E-state index < -0.39 is 5.97 Å². The smallest absolute Gasteiger partial charge is 0.358 e. The molecule has 0 aliphatic heterocycles. The second-order valence-corrected chi connectivity index (χ2v) is 4.90. The molecule has 0 atom stereocenters. The summed E-state index contributed by atoms with van der Waals surface area (Å²) in [6.45, 7) is 0.488. The molecule has 0 radical (unpaired) electrons. The van der Waals surface area contributed by atoms with Gasteiger partial charge in [-0.1, -0.05) is 5.21 Å². The van der Waals surface area contributed by atoms with Crippen LogP contribution in [0.15, 0.2) is 41.4 Å². The highest BCUT2D eigenvalue weighted by atomic mass is 32.1. The summed E-state index contributed by atoms with van der Waals surface area (Å²) in [7, 11) is 0. The molecule has 6 nitrogen and oxygen atoms in total. The van der Waals surface area contributed by atoms with Gasteiger partial charge in [-0.25, -0.2) is 9.48 Å². The van der Waals surface area contributed by atoms with Gasteiger partial charge in [-0.15, -0.1) is 5.10 Å². The lowest BCUT2D eigenvalue weighted by atomic mass is 10.1. The van der Waals surface area contributed by atoms with Crippen molar-refractivity contribution in [3.63, 3.8) is 0 Å². The number of pyridine rings is 1. The van der Waals surface area contributed by atoms with Crippen LogP contribution in [0, 0.1) is 0 Å². The van der Waals surface area contributed by atoms with E-state index in [1.54, 1.807) is 40.5 Å². The van der Waals surface area contributed by atoms with Gasteiger partial charge in [-0.3, -0.25) is 4.98 Å². The van der Waals surface area contributed by atoms with E-state index in [0.717, 1.165) is 11.1 Å². The van der Waals surface area contributed by atoms with Crippen molar-refractivity contribution in [1.29, 1.82) is 0 Å². The van der Waals surface area contributed by atoms with E-state index in [1.165, 1.54) is 0 Å². The van der Waals surface area contributed by atoms with Gasteiger partial charge in [0.25, 0.3) is 0 Å². The van der Waals surface area contributed by atoms with E-state index in [1.807, 2.05) is 16.8 Å². The molecule has 0 bridgehead atoms. The number of aromatic nitrogens is 4. The Kier molecular flexibility index (Phi) is 3.26. The zero-order valence-corrected chi connectivity index (χ0v) is 11.1. The van der Waals surface area contributed by atoms with Crippen LogP contribution in [0.2, 0.25) is 0 Å². The van der Waals surface area contributed by atoms with Gasteiger partial charge in [0.2, 0.25) is 0 Å². The van der Waals surface area contributed by atoms with Gasteiger partial charge in [0, 0.05) is 18.0 Å². The third-order valence-corrected chi connectivity index (χ3v) is 3.54. The fraction of sp³-hybridized carbons (Fsp3) is 0.0769. The van der Waals surface area contributed by atoms with Crippen molar-refractivity contribution in [2.75, 3.05) is 0 Å². The second-order valence-electron chi connectivity index (χ2n) is 4.12. The Morgan fingerprint density at radius 2 is 2.10 bits per heavy atom. The number of nitrogens with zero attached hydrogens (tertiary/aromatic N) is 4. The molecule has 20 heavy (non-hydrogen) atoms. The topological polar surface area (TPSA) is 80.9 Å². The minimum Gasteiger partial charge on any atom is -0.476 e. The molecule has 0 aliphatic rings. The van der Waals surface area contributed by atoms with Crippen LogP contribution in [0.25, 0.3) is 11.3 Å². The third kappa shape index (κ3) is 2.30. The van der Waals surface area contributed by atoms with Crippen LogP contribution in [0.3, 0.4) is 0 Å². The largest absolute Gasteiger partial charge is 0.476 e. The average Bonchev–Trinajstić information content (AvgIpc) is 3.09. The van der Waals surface area contributed by atoms with Crippen molar-refractivity contribution in [1.82, 2.24) is 20.0 Å². The van der Waals surface area contributed by atoms with E-state index in [-0.39, 0.29) is 5.69 Å². The standard InChI is InChI=1S/C13H10N4O2S/c18-13(19)11-12(10-1-4-14-5-2-10)17(16-15-11)7-9-3-6-20-8-9/h1-6,8H,7H2,(H,18,19). The van der Waals surface area contributed by atoms with E-state index in [4.69, 9.17) is 0 Å². The van der Waals surface area contributed by atoms with Crippen molar-refractivity contribution >= 4 is 17.3 Å². The summed E-state index contributed by atoms with van der Waals surface area (Å²) in [5.41, 5.74) is 2.24. The van der Waals surface area contributed by atoms with Crippen LogP contribution in [-0.2, 0) is 6.54 Å². The maximum absolute atomic E-state index is 11.3. The van der Waals surface area contributed by atoms with E-state index >= 15 is 0 Å². The Hall–Kier alpha value is -2.54. The molecule has 7 heteroatoms. The molecule has 3 rings (SSSR count). The Balaban J connectivity index is 2.09. The van der Waals surface area contributed by atoms with Crippen molar-refractivity contribution in [3.05, 3.63) is 52.6 Å². The highest BCUT2D eigenvalue weighted by molar-refractivity contribution is 7.07. The summed E-state index contributed by atoms with van der Waals surface area (Å²) < 4.78 is 1.60. The quantitative estimate of drug-likeness (QED) is 0.794. The highest BCUT2D eigenvalue weighted by Crippen LogP contribution is 2.22. The first kappa shape index (κ1) is 12.5. The predicted octanol–water partition coefficient (Wildman–Crippen LogP) is 2.15. The first-order valence-electron chi connectivity index (χ1n) is 5.84. The molecule has 0 fully saturated rings. The molecular weight excluding hydrogens is 276 g/mol. The minimum absolute atomic E-state index is 0.0496. The Labute approximate surface area is 118 Å². The van der Waals surface area contributed by atoms with Gasteiger partial charge < -0.3 is 5.11 Å². The maximum atomic E-state index is 11.3. The van der Waals surface area contributed by atoms with Gasteiger partial charge in [-0.05, 0) is 34.5 Å². The molecule has 0 amide bonds. The first-order valence-corrected chi connectivity index (χ1v) is 6.78. The summed E-state index contributed by atoms with van der Waals surface area (Å²) in [4.78, 5) is 15.2. The van der Waals surface area contributed by atoms with Gasteiger partial charge in [-0.2, -0.15) is 11.3 Å². The molecule has 1 N–H and O–H groups in total. The van der Waals surface area contributed by atoms with Crippen LogP contribution in [0.1, 0.15) is 16.1 Å². The molecule has 0 aromatic carbocycles. The third-order valence-electron chi connectivity index (χ3n) is 2.80. The Morgan fingerprint density at radius 1 is 1.30 bits per heavy atom. The van der Waals surface area contributed by atoms with Crippen LogP contribution < -0.4 is 0 Å². The van der Waals surface area contributed by atoms with E-state index in [0.29, 0.717) is 12.2 Å². The Bertz CT molecular complexity index is 722. The summed E-state index contributed by atoms with van der Waals surface area (Å²) >= 11 is 1.59. The molecule has 0 saturated heterocycles. The molecule has 3 heterocycles. The number of hydrogen-bond acceptors (Lipinski definition) is 5. The van der Waals surface area contributed by atoms with Crippen molar-refractivity contribution in [2.24, 2.45) is 0 Å². The number of hydrogen-bond donors (Lipinski definition) is 1. The van der Waals surface area contributed by atoms with Crippen molar-refractivity contribution in [3.8, 4) is 11.3 Å². The molecule has 3 aromatic rings. The Morgan fingerprint density at radius 3 is 2.75 bits per heavy atom. The monoisotopic (exact) mass is 286 g/mol. The summed E-state index contributed by atoms with van der Waals surface area (Å²) in [6.07, 6.45) is 3.23. The number of thiophene rings is 1. The number of rotatable bonds is 4. The molecular formula is C13H10N4O2S. The molecule has 3 aromatic heterocycles. The zero-order valence-electron chi connectivity index (χ0n) is 10.3. The second kappa shape index (κ2) is 5.22.